The first-order chi connectivity index (χ1) is 16.6. The lowest BCUT2D eigenvalue weighted by molar-refractivity contribution is -0.146. The summed E-state index contributed by atoms with van der Waals surface area (Å²) in [5, 5.41) is 9.05. The van der Waals surface area contributed by atoms with E-state index in [4.69, 9.17) is 0 Å². The molecule has 0 saturated carbocycles. The smallest absolute Gasteiger partial charge is 0.251 e. The van der Waals surface area contributed by atoms with Crippen molar-refractivity contribution >= 4 is 39.4 Å². The summed E-state index contributed by atoms with van der Waals surface area (Å²) in [6, 6.07) is 19.9. The minimum atomic E-state index is -0.613. The van der Waals surface area contributed by atoms with Crippen LogP contribution in [0, 0.1) is 0 Å². The molecule has 3 amide bonds. The number of nitrogens with zero attached hydrogens (tertiary/aromatic N) is 1. The Morgan fingerprint density at radius 3 is 2.68 bits per heavy atom. The number of piperazine rings is 1. The van der Waals surface area contributed by atoms with Gasteiger partial charge in [-0.3, -0.25) is 14.4 Å². The van der Waals surface area contributed by atoms with Gasteiger partial charge < -0.3 is 20.5 Å². The summed E-state index contributed by atoms with van der Waals surface area (Å²) < 4.78 is 0. The molecule has 2 saturated heterocycles. The van der Waals surface area contributed by atoms with Crippen molar-refractivity contribution in [1.29, 1.82) is 0 Å². The van der Waals surface area contributed by atoms with Crippen molar-refractivity contribution in [1.82, 2.24) is 20.5 Å². The number of carbonyl (C=O) groups excluding carboxylic acids is 3. The summed E-state index contributed by atoms with van der Waals surface area (Å²) in [6.45, 7) is 0.334. The van der Waals surface area contributed by atoms with E-state index in [0.717, 1.165) is 27.2 Å². The Morgan fingerprint density at radius 2 is 1.79 bits per heavy atom. The average molecular weight is 453 g/mol. The monoisotopic (exact) mass is 452 g/mol. The number of H-pyrrole nitrogens is 1. The summed E-state index contributed by atoms with van der Waals surface area (Å²) in [5.74, 6) is -0.456. The Bertz CT molecular complexity index is 1440. The van der Waals surface area contributed by atoms with Crippen molar-refractivity contribution in [2.24, 2.45) is 0 Å². The molecule has 0 unspecified atom stereocenters. The van der Waals surface area contributed by atoms with Gasteiger partial charge >= 0.3 is 0 Å². The van der Waals surface area contributed by atoms with Crippen molar-refractivity contribution < 1.29 is 14.4 Å². The van der Waals surface area contributed by atoms with E-state index in [2.05, 4.69) is 15.6 Å². The highest BCUT2D eigenvalue weighted by Gasteiger charge is 2.46. The van der Waals surface area contributed by atoms with Crippen LogP contribution in [0.25, 0.3) is 21.7 Å². The van der Waals surface area contributed by atoms with Crippen LogP contribution in [-0.4, -0.2) is 52.3 Å². The molecule has 0 bridgehead atoms. The van der Waals surface area contributed by atoms with Crippen molar-refractivity contribution in [2.75, 3.05) is 6.54 Å². The molecule has 0 spiro atoms. The second-order valence-corrected chi connectivity index (χ2v) is 9.10. The van der Waals surface area contributed by atoms with E-state index in [0.29, 0.717) is 24.9 Å². The fourth-order valence-electron chi connectivity index (χ4n) is 5.22. The number of nitrogens with one attached hydrogen (secondary N) is 3. The molecule has 0 radical (unpaired) electrons. The van der Waals surface area contributed by atoms with Gasteiger partial charge in [0.15, 0.2) is 0 Å². The minimum absolute atomic E-state index is 0.0997. The standard InChI is InChI=1S/C27H24N4O3/c32-25(18-10-9-16-5-1-2-6-17(16)11-18)29-20-13-24-26(33)30-23(27(34)31(24)15-20)12-19-14-28-22-8-4-3-7-21(19)22/h1-11,14,20,23-24,28H,12-13,15H2,(H,29,32)(H,30,33)/t20-,23-,24-/m0/s1. The third kappa shape index (κ3) is 3.50. The van der Waals surface area contributed by atoms with Crippen LogP contribution < -0.4 is 10.6 Å². The van der Waals surface area contributed by atoms with Gasteiger partial charge in [0.05, 0.1) is 0 Å². The molecular formula is C27H24N4O3. The topological polar surface area (TPSA) is 94.3 Å². The molecule has 170 valence electrons. The summed E-state index contributed by atoms with van der Waals surface area (Å²) in [7, 11) is 0. The summed E-state index contributed by atoms with van der Waals surface area (Å²) >= 11 is 0. The molecule has 7 nitrogen and oxygen atoms in total. The fourth-order valence-corrected chi connectivity index (χ4v) is 5.22. The first kappa shape index (κ1) is 20.5. The number of aromatic amines is 1. The second-order valence-electron chi connectivity index (χ2n) is 9.10. The maximum absolute atomic E-state index is 13.3. The van der Waals surface area contributed by atoms with Gasteiger partial charge in [0, 0.05) is 41.7 Å². The fraction of sp³-hybridized carbons (Fsp3) is 0.222. The Balaban J connectivity index is 1.16. The maximum atomic E-state index is 13.3. The lowest BCUT2D eigenvalue weighted by atomic mass is 10.0. The number of rotatable bonds is 4. The summed E-state index contributed by atoms with van der Waals surface area (Å²) in [5.41, 5.74) is 2.56. The number of para-hydroxylation sites is 1. The predicted octanol–water partition coefficient (Wildman–Crippen LogP) is 2.76. The molecule has 2 aliphatic heterocycles. The van der Waals surface area contributed by atoms with Crippen LogP contribution in [0.3, 0.4) is 0 Å². The van der Waals surface area contributed by atoms with Crippen molar-refractivity contribution in [3.8, 4) is 0 Å². The van der Waals surface area contributed by atoms with E-state index >= 15 is 0 Å². The molecule has 1 aromatic heterocycles. The average Bonchev–Trinajstić information content (AvgIpc) is 3.47. The molecule has 2 fully saturated rings. The largest absolute Gasteiger partial charge is 0.361 e. The first-order valence-corrected chi connectivity index (χ1v) is 11.5. The van der Waals surface area contributed by atoms with Crippen molar-refractivity contribution in [3.05, 3.63) is 84.1 Å². The van der Waals surface area contributed by atoms with E-state index in [9.17, 15) is 14.4 Å². The first-order valence-electron chi connectivity index (χ1n) is 11.5. The molecule has 3 N–H and O–H groups in total. The molecule has 34 heavy (non-hydrogen) atoms. The van der Waals surface area contributed by atoms with Gasteiger partial charge in [-0.05, 0) is 41.0 Å². The molecule has 4 aromatic rings. The van der Waals surface area contributed by atoms with E-state index in [-0.39, 0.29) is 23.8 Å². The number of amides is 3. The SMILES string of the molecule is O=C(N[C@H]1C[C@H]2C(=O)N[C@@H](Cc3c[nH]c4ccccc34)C(=O)N2C1)c1ccc2ccccc2c1. The van der Waals surface area contributed by atoms with Gasteiger partial charge in [-0.25, -0.2) is 0 Å². The van der Waals surface area contributed by atoms with Crippen molar-refractivity contribution in [3.63, 3.8) is 0 Å². The molecule has 7 heteroatoms. The van der Waals surface area contributed by atoms with Crippen LogP contribution in [0.1, 0.15) is 22.3 Å². The lowest BCUT2D eigenvalue weighted by Crippen LogP contribution is -2.61. The highest BCUT2D eigenvalue weighted by Crippen LogP contribution is 2.26. The van der Waals surface area contributed by atoms with Gasteiger partial charge in [0.1, 0.15) is 12.1 Å². The molecule has 3 aromatic carbocycles. The Labute approximate surface area is 196 Å². The van der Waals surface area contributed by atoms with Gasteiger partial charge in [0.2, 0.25) is 11.8 Å². The number of aromatic nitrogens is 1. The van der Waals surface area contributed by atoms with Gasteiger partial charge in [-0.2, -0.15) is 0 Å². The van der Waals surface area contributed by atoms with Crippen LogP contribution in [0.4, 0.5) is 0 Å². The molecule has 0 aliphatic carbocycles. The van der Waals surface area contributed by atoms with Gasteiger partial charge in [0.25, 0.3) is 5.91 Å². The molecular weight excluding hydrogens is 428 g/mol. The summed E-state index contributed by atoms with van der Waals surface area (Å²) in [6.07, 6.45) is 2.73. The zero-order chi connectivity index (χ0) is 23.2. The van der Waals surface area contributed by atoms with E-state index in [1.54, 1.807) is 11.0 Å². The van der Waals surface area contributed by atoms with Gasteiger partial charge in [-0.15, -0.1) is 0 Å². The van der Waals surface area contributed by atoms with Crippen molar-refractivity contribution in [2.45, 2.75) is 31.0 Å². The third-order valence-corrected chi connectivity index (χ3v) is 6.95. The minimum Gasteiger partial charge on any atom is -0.361 e. The number of carbonyl (C=O) groups is 3. The number of hydrogen-bond acceptors (Lipinski definition) is 3. The van der Waals surface area contributed by atoms with Crippen LogP contribution in [-0.2, 0) is 16.0 Å². The highest BCUT2D eigenvalue weighted by atomic mass is 16.2. The van der Waals surface area contributed by atoms with E-state index in [1.165, 1.54) is 0 Å². The molecule has 3 heterocycles. The normalized spacial score (nSPS) is 22.1. The Morgan fingerprint density at radius 1 is 1.00 bits per heavy atom. The molecule has 2 aliphatic rings. The molecule has 6 rings (SSSR count). The quantitative estimate of drug-likeness (QED) is 0.444. The second kappa shape index (κ2) is 8.02. The number of hydrogen-bond donors (Lipinski definition) is 3. The van der Waals surface area contributed by atoms with E-state index < -0.39 is 12.1 Å². The zero-order valence-electron chi connectivity index (χ0n) is 18.5. The predicted molar refractivity (Wildman–Crippen MR) is 129 cm³/mol. The van der Waals surface area contributed by atoms with Crippen LogP contribution in [0.15, 0.2) is 72.9 Å². The third-order valence-electron chi connectivity index (χ3n) is 6.95. The highest BCUT2D eigenvalue weighted by molar-refractivity contribution is 6.00. The maximum Gasteiger partial charge on any atom is 0.251 e. The van der Waals surface area contributed by atoms with Crippen LogP contribution in [0.5, 0.6) is 0 Å². The number of benzene rings is 3. The molecule has 3 atom stereocenters. The zero-order valence-corrected chi connectivity index (χ0v) is 18.5. The lowest BCUT2D eigenvalue weighted by Gasteiger charge is -2.34. The van der Waals surface area contributed by atoms with Crippen LogP contribution >= 0.6 is 0 Å². The number of fused-ring (bicyclic) bond motifs is 3. The van der Waals surface area contributed by atoms with Gasteiger partial charge in [-0.1, -0.05) is 48.5 Å². The summed E-state index contributed by atoms with van der Waals surface area (Å²) in [4.78, 5) is 43.8. The van der Waals surface area contributed by atoms with Crippen LogP contribution in [0.2, 0.25) is 0 Å². The Kier molecular flexibility index (Phi) is 4.83. The Hall–Kier alpha value is -4.13. The van der Waals surface area contributed by atoms with E-state index in [1.807, 2.05) is 66.9 Å².